The Morgan fingerprint density at radius 1 is 1.44 bits per heavy atom. The number of nitriles is 1. The van der Waals surface area contributed by atoms with Crippen LogP contribution in [0.1, 0.15) is 12.0 Å². The van der Waals surface area contributed by atoms with Crippen molar-refractivity contribution >= 4 is 15.9 Å². The minimum atomic E-state index is 0.562. The van der Waals surface area contributed by atoms with Gasteiger partial charge in [0, 0.05) is 13.0 Å². The zero-order valence-corrected chi connectivity index (χ0v) is 10.9. The fraction of sp³-hybridized carbons (Fsp3) is 0.417. The normalized spacial score (nSPS) is 9.81. The van der Waals surface area contributed by atoms with Crippen LogP contribution in [0.15, 0.2) is 22.7 Å². The van der Waals surface area contributed by atoms with Crippen LogP contribution in [0, 0.1) is 11.3 Å². The highest BCUT2D eigenvalue weighted by molar-refractivity contribution is 9.10. The molecule has 86 valence electrons. The number of halogens is 1. The molecule has 0 aliphatic carbocycles. The maximum atomic E-state index is 8.37. The third kappa shape index (κ3) is 4.21. The Kier molecular flexibility index (Phi) is 5.91. The standard InChI is InChI=1S/C12H15BrN2O/c1-16-12-4-3-10(9-11(12)13)5-8-15-7-2-6-14/h3-4,9,15H,2,5,7-8H2,1H3. The van der Waals surface area contributed by atoms with Crippen LogP contribution in [0.3, 0.4) is 0 Å². The lowest BCUT2D eigenvalue weighted by Gasteiger charge is -2.06. The van der Waals surface area contributed by atoms with Crippen LogP contribution >= 0.6 is 15.9 Å². The minimum absolute atomic E-state index is 0.562. The zero-order chi connectivity index (χ0) is 11.8. The number of rotatable bonds is 6. The molecule has 1 aromatic carbocycles. The van der Waals surface area contributed by atoms with E-state index in [0.29, 0.717) is 6.42 Å². The van der Waals surface area contributed by atoms with Crippen molar-refractivity contribution in [1.29, 1.82) is 5.26 Å². The van der Waals surface area contributed by atoms with Crippen molar-refractivity contribution in [2.75, 3.05) is 20.2 Å². The van der Waals surface area contributed by atoms with Gasteiger partial charge in [-0.2, -0.15) is 5.26 Å². The van der Waals surface area contributed by atoms with Gasteiger partial charge in [0.15, 0.2) is 0 Å². The van der Waals surface area contributed by atoms with E-state index >= 15 is 0 Å². The van der Waals surface area contributed by atoms with Crippen LogP contribution in [0.25, 0.3) is 0 Å². The van der Waals surface area contributed by atoms with E-state index in [1.54, 1.807) is 7.11 Å². The SMILES string of the molecule is COc1ccc(CCNCCC#N)cc1Br. The molecular formula is C12H15BrN2O. The Labute approximate surface area is 105 Å². The number of nitrogens with zero attached hydrogens (tertiary/aromatic N) is 1. The van der Waals surface area contributed by atoms with Crippen molar-refractivity contribution in [3.05, 3.63) is 28.2 Å². The van der Waals surface area contributed by atoms with Crippen LogP contribution in [0.5, 0.6) is 5.75 Å². The molecule has 1 aromatic rings. The van der Waals surface area contributed by atoms with Gasteiger partial charge in [-0.15, -0.1) is 0 Å². The quantitative estimate of drug-likeness (QED) is 0.816. The summed E-state index contributed by atoms with van der Waals surface area (Å²) in [4.78, 5) is 0. The minimum Gasteiger partial charge on any atom is -0.496 e. The summed E-state index contributed by atoms with van der Waals surface area (Å²) < 4.78 is 6.14. The summed E-state index contributed by atoms with van der Waals surface area (Å²) in [5, 5.41) is 11.6. The van der Waals surface area contributed by atoms with Crippen LogP contribution < -0.4 is 10.1 Å². The topological polar surface area (TPSA) is 45.0 Å². The molecule has 0 fully saturated rings. The molecule has 1 N–H and O–H groups in total. The van der Waals surface area contributed by atoms with Crippen molar-refractivity contribution < 1.29 is 4.74 Å². The Bertz CT molecular complexity index is 374. The molecule has 0 heterocycles. The van der Waals surface area contributed by atoms with Gasteiger partial charge >= 0.3 is 0 Å². The number of methoxy groups -OCH3 is 1. The van der Waals surface area contributed by atoms with E-state index in [4.69, 9.17) is 10.00 Å². The van der Waals surface area contributed by atoms with Crippen LogP contribution in [0.4, 0.5) is 0 Å². The molecule has 0 radical (unpaired) electrons. The van der Waals surface area contributed by atoms with Gasteiger partial charge in [0.2, 0.25) is 0 Å². The highest BCUT2D eigenvalue weighted by Crippen LogP contribution is 2.25. The third-order valence-corrected chi connectivity index (χ3v) is 2.84. The van der Waals surface area contributed by atoms with Gasteiger partial charge in [0.05, 0.1) is 17.7 Å². The van der Waals surface area contributed by atoms with Crippen molar-refractivity contribution in [3.63, 3.8) is 0 Å². The fourth-order valence-corrected chi connectivity index (χ4v) is 1.96. The molecular weight excluding hydrogens is 268 g/mol. The molecule has 0 saturated carbocycles. The summed E-state index contributed by atoms with van der Waals surface area (Å²) in [6.45, 7) is 1.65. The summed E-state index contributed by atoms with van der Waals surface area (Å²) in [5.41, 5.74) is 1.25. The molecule has 0 amide bonds. The second kappa shape index (κ2) is 7.26. The lowest BCUT2D eigenvalue weighted by molar-refractivity contribution is 0.412. The van der Waals surface area contributed by atoms with Crippen LogP contribution in [-0.2, 0) is 6.42 Å². The monoisotopic (exact) mass is 282 g/mol. The smallest absolute Gasteiger partial charge is 0.133 e. The fourth-order valence-electron chi connectivity index (χ4n) is 1.37. The Balaban J connectivity index is 2.38. The lowest BCUT2D eigenvalue weighted by atomic mass is 10.1. The first-order valence-electron chi connectivity index (χ1n) is 5.18. The van der Waals surface area contributed by atoms with Gasteiger partial charge in [0.1, 0.15) is 5.75 Å². The average Bonchev–Trinajstić information content (AvgIpc) is 2.29. The van der Waals surface area contributed by atoms with Gasteiger partial charge in [-0.05, 0) is 46.6 Å². The number of nitrogens with one attached hydrogen (secondary N) is 1. The predicted molar refractivity (Wildman–Crippen MR) is 67.5 cm³/mol. The molecule has 1 rings (SSSR count). The molecule has 0 bridgehead atoms. The van der Waals surface area contributed by atoms with Gasteiger partial charge < -0.3 is 10.1 Å². The molecule has 0 aliphatic heterocycles. The summed E-state index contributed by atoms with van der Waals surface area (Å²) in [5.74, 6) is 0.848. The van der Waals surface area contributed by atoms with Crippen LogP contribution in [0.2, 0.25) is 0 Å². The Morgan fingerprint density at radius 2 is 2.25 bits per heavy atom. The van der Waals surface area contributed by atoms with Crippen LogP contribution in [-0.4, -0.2) is 20.2 Å². The Hall–Kier alpha value is -1.05. The number of hydrogen-bond donors (Lipinski definition) is 1. The number of ether oxygens (including phenoxy) is 1. The highest BCUT2D eigenvalue weighted by Gasteiger charge is 2.00. The first-order chi connectivity index (χ1) is 7.77. The molecule has 4 heteroatoms. The molecule has 3 nitrogen and oxygen atoms in total. The van der Waals surface area contributed by atoms with Crippen molar-refractivity contribution in [2.24, 2.45) is 0 Å². The summed E-state index contributed by atoms with van der Waals surface area (Å²) in [7, 11) is 1.66. The van der Waals surface area contributed by atoms with Crippen molar-refractivity contribution in [3.8, 4) is 11.8 Å². The predicted octanol–water partition coefficient (Wildman–Crippen LogP) is 2.50. The number of benzene rings is 1. The van der Waals surface area contributed by atoms with E-state index in [2.05, 4.69) is 39.4 Å². The van der Waals surface area contributed by atoms with Gasteiger partial charge in [-0.1, -0.05) is 6.07 Å². The summed E-state index contributed by atoms with van der Waals surface area (Å²) in [6, 6.07) is 8.17. The average molecular weight is 283 g/mol. The van der Waals surface area contributed by atoms with Gasteiger partial charge in [-0.25, -0.2) is 0 Å². The molecule has 0 spiro atoms. The maximum absolute atomic E-state index is 8.37. The lowest BCUT2D eigenvalue weighted by Crippen LogP contribution is -2.18. The van der Waals surface area contributed by atoms with Gasteiger partial charge in [0.25, 0.3) is 0 Å². The van der Waals surface area contributed by atoms with E-state index in [0.717, 1.165) is 29.7 Å². The van der Waals surface area contributed by atoms with E-state index in [1.807, 2.05) is 6.07 Å². The number of hydrogen-bond acceptors (Lipinski definition) is 3. The van der Waals surface area contributed by atoms with Gasteiger partial charge in [-0.3, -0.25) is 0 Å². The Morgan fingerprint density at radius 3 is 2.88 bits per heavy atom. The molecule has 0 aliphatic rings. The summed E-state index contributed by atoms with van der Waals surface area (Å²) in [6.07, 6.45) is 1.51. The zero-order valence-electron chi connectivity index (χ0n) is 9.29. The van der Waals surface area contributed by atoms with Crippen molar-refractivity contribution in [2.45, 2.75) is 12.8 Å². The molecule has 0 saturated heterocycles. The van der Waals surface area contributed by atoms with E-state index in [-0.39, 0.29) is 0 Å². The molecule has 0 atom stereocenters. The second-order valence-electron chi connectivity index (χ2n) is 3.38. The third-order valence-electron chi connectivity index (χ3n) is 2.22. The molecule has 0 aromatic heterocycles. The van der Waals surface area contributed by atoms with E-state index in [1.165, 1.54) is 5.56 Å². The van der Waals surface area contributed by atoms with E-state index in [9.17, 15) is 0 Å². The first-order valence-corrected chi connectivity index (χ1v) is 5.97. The maximum Gasteiger partial charge on any atom is 0.133 e. The highest BCUT2D eigenvalue weighted by atomic mass is 79.9. The van der Waals surface area contributed by atoms with Crippen molar-refractivity contribution in [1.82, 2.24) is 5.32 Å². The summed E-state index contributed by atoms with van der Waals surface area (Å²) >= 11 is 3.45. The first kappa shape index (κ1) is 13.0. The second-order valence-corrected chi connectivity index (χ2v) is 4.23. The largest absolute Gasteiger partial charge is 0.496 e. The van der Waals surface area contributed by atoms with E-state index < -0.39 is 0 Å². The molecule has 0 unspecified atom stereocenters. The molecule has 16 heavy (non-hydrogen) atoms.